The molecular formula is C8H13NO. The number of rotatable bonds is 4. The molecule has 56 valence electrons. The van der Waals surface area contributed by atoms with Crippen molar-refractivity contribution in [1.82, 2.24) is 0 Å². The molecule has 0 atom stereocenters. The molecule has 0 aromatic carbocycles. The van der Waals surface area contributed by atoms with Crippen LogP contribution in [0.2, 0.25) is 0 Å². The van der Waals surface area contributed by atoms with Crippen LogP contribution in [0, 0.1) is 0 Å². The molecule has 0 amide bonds. The van der Waals surface area contributed by atoms with Crippen molar-refractivity contribution in [3.63, 3.8) is 0 Å². The standard InChI is InChI=1S/C8H13NO/c1-4-7(6-9)8(5-2)10-3/h4-5H,1-2,6,9H2,3H3/b8-7-. The average Bonchev–Trinajstić information content (AvgIpc) is 2.00. The second kappa shape index (κ2) is 4.82. The molecule has 0 rings (SSSR count). The summed E-state index contributed by atoms with van der Waals surface area (Å²) in [5.41, 5.74) is 6.25. The van der Waals surface area contributed by atoms with Crippen molar-refractivity contribution in [2.45, 2.75) is 0 Å². The molecule has 10 heavy (non-hydrogen) atoms. The van der Waals surface area contributed by atoms with E-state index in [4.69, 9.17) is 10.5 Å². The van der Waals surface area contributed by atoms with E-state index in [0.717, 1.165) is 5.57 Å². The normalized spacial score (nSPS) is 11.8. The van der Waals surface area contributed by atoms with Crippen LogP contribution in [0.3, 0.4) is 0 Å². The number of hydrogen-bond acceptors (Lipinski definition) is 2. The van der Waals surface area contributed by atoms with E-state index >= 15 is 0 Å². The van der Waals surface area contributed by atoms with Gasteiger partial charge < -0.3 is 10.5 Å². The highest BCUT2D eigenvalue weighted by atomic mass is 16.5. The lowest BCUT2D eigenvalue weighted by Crippen LogP contribution is -2.04. The Morgan fingerprint density at radius 2 is 2.10 bits per heavy atom. The fraction of sp³-hybridized carbons (Fsp3) is 0.250. The topological polar surface area (TPSA) is 35.2 Å². The first-order valence-corrected chi connectivity index (χ1v) is 3.02. The molecule has 2 heteroatoms. The lowest BCUT2D eigenvalue weighted by molar-refractivity contribution is 0.303. The zero-order valence-electron chi connectivity index (χ0n) is 6.26. The fourth-order valence-electron chi connectivity index (χ4n) is 0.630. The van der Waals surface area contributed by atoms with E-state index < -0.39 is 0 Å². The van der Waals surface area contributed by atoms with Crippen LogP contribution in [-0.4, -0.2) is 13.7 Å². The molecule has 0 radical (unpaired) electrons. The molecule has 0 aromatic rings. The van der Waals surface area contributed by atoms with Crippen LogP contribution >= 0.6 is 0 Å². The summed E-state index contributed by atoms with van der Waals surface area (Å²) in [6.07, 6.45) is 3.28. The van der Waals surface area contributed by atoms with E-state index in [1.54, 1.807) is 19.3 Å². The van der Waals surface area contributed by atoms with Gasteiger partial charge in [0.15, 0.2) is 0 Å². The third-order valence-electron chi connectivity index (χ3n) is 1.19. The van der Waals surface area contributed by atoms with Crippen LogP contribution in [-0.2, 0) is 4.74 Å². The smallest absolute Gasteiger partial charge is 0.122 e. The Labute approximate surface area is 61.7 Å². The van der Waals surface area contributed by atoms with E-state index in [-0.39, 0.29) is 0 Å². The molecule has 2 nitrogen and oxygen atoms in total. The monoisotopic (exact) mass is 139 g/mol. The van der Waals surface area contributed by atoms with Gasteiger partial charge in [0.1, 0.15) is 5.76 Å². The second-order valence-corrected chi connectivity index (χ2v) is 1.71. The molecule has 0 saturated carbocycles. The number of hydrogen-bond donors (Lipinski definition) is 1. The van der Waals surface area contributed by atoms with Gasteiger partial charge in [0, 0.05) is 12.1 Å². The van der Waals surface area contributed by atoms with Crippen LogP contribution < -0.4 is 5.73 Å². The lowest BCUT2D eigenvalue weighted by Gasteiger charge is -2.03. The Morgan fingerprint density at radius 1 is 1.50 bits per heavy atom. The summed E-state index contributed by atoms with van der Waals surface area (Å²) in [6, 6.07) is 0. The maximum absolute atomic E-state index is 5.38. The van der Waals surface area contributed by atoms with E-state index in [1.165, 1.54) is 0 Å². The number of allylic oxidation sites excluding steroid dienone is 1. The summed E-state index contributed by atoms with van der Waals surface area (Å²) in [4.78, 5) is 0. The molecule has 0 saturated heterocycles. The summed E-state index contributed by atoms with van der Waals surface area (Å²) in [6.45, 7) is 7.57. The van der Waals surface area contributed by atoms with Gasteiger partial charge in [0.2, 0.25) is 0 Å². The zero-order chi connectivity index (χ0) is 7.98. The number of ether oxygens (including phenoxy) is 1. The van der Waals surface area contributed by atoms with Crippen molar-refractivity contribution in [3.05, 3.63) is 36.6 Å². The summed E-state index contributed by atoms with van der Waals surface area (Å²) < 4.78 is 4.95. The molecule has 0 heterocycles. The summed E-state index contributed by atoms with van der Waals surface area (Å²) in [5.74, 6) is 0.692. The second-order valence-electron chi connectivity index (χ2n) is 1.71. The highest BCUT2D eigenvalue weighted by molar-refractivity contribution is 5.27. The summed E-state index contributed by atoms with van der Waals surface area (Å²) in [7, 11) is 1.58. The Bertz CT molecular complexity index is 141. The van der Waals surface area contributed by atoms with Gasteiger partial charge in [-0.1, -0.05) is 19.2 Å². The van der Waals surface area contributed by atoms with Gasteiger partial charge in [0.05, 0.1) is 7.11 Å². The number of nitrogens with two attached hydrogens (primary N) is 1. The first kappa shape index (κ1) is 8.98. The molecule has 0 aliphatic carbocycles. The van der Waals surface area contributed by atoms with Gasteiger partial charge in [0.25, 0.3) is 0 Å². The third-order valence-corrected chi connectivity index (χ3v) is 1.19. The van der Waals surface area contributed by atoms with Crippen LogP contribution in [0.15, 0.2) is 36.6 Å². The SMILES string of the molecule is C=C/C(CN)=C(\C=C)OC. The Balaban J connectivity index is 4.50. The molecular weight excluding hydrogens is 126 g/mol. The van der Waals surface area contributed by atoms with Crippen LogP contribution in [0.25, 0.3) is 0 Å². The lowest BCUT2D eigenvalue weighted by atomic mass is 10.2. The van der Waals surface area contributed by atoms with Crippen molar-refractivity contribution in [2.75, 3.05) is 13.7 Å². The van der Waals surface area contributed by atoms with E-state index in [0.29, 0.717) is 12.3 Å². The van der Waals surface area contributed by atoms with Gasteiger partial charge in [-0.05, 0) is 6.08 Å². The van der Waals surface area contributed by atoms with Gasteiger partial charge in [-0.15, -0.1) is 0 Å². The first-order valence-electron chi connectivity index (χ1n) is 3.02. The Morgan fingerprint density at radius 3 is 2.20 bits per heavy atom. The summed E-state index contributed by atoms with van der Waals surface area (Å²) in [5, 5.41) is 0. The maximum atomic E-state index is 5.38. The van der Waals surface area contributed by atoms with E-state index in [9.17, 15) is 0 Å². The van der Waals surface area contributed by atoms with Crippen LogP contribution in [0.1, 0.15) is 0 Å². The molecule has 0 spiro atoms. The minimum Gasteiger partial charge on any atom is -0.496 e. The Hall–Kier alpha value is -1.02. The number of methoxy groups -OCH3 is 1. The van der Waals surface area contributed by atoms with E-state index in [2.05, 4.69) is 13.2 Å². The highest BCUT2D eigenvalue weighted by Crippen LogP contribution is 2.05. The van der Waals surface area contributed by atoms with Crippen molar-refractivity contribution in [3.8, 4) is 0 Å². The van der Waals surface area contributed by atoms with Crippen molar-refractivity contribution < 1.29 is 4.74 Å². The highest BCUT2D eigenvalue weighted by Gasteiger charge is 1.95. The quantitative estimate of drug-likeness (QED) is 0.469. The maximum Gasteiger partial charge on any atom is 0.122 e. The third kappa shape index (κ3) is 2.07. The van der Waals surface area contributed by atoms with Crippen molar-refractivity contribution in [1.29, 1.82) is 0 Å². The molecule has 0 aliphatic rings. The Kier molecular flexibility index (Phi) is 4.33. The van der Waals surface area contributed by atoms with Crippen molar-refractivity contribution >= 4 is 0 Å². The predicted octanol–water partition coefficient (Wildman–Crippen LogP) is 1.22. The molecule has 0 aliphatic heterocycles. The van der Waals surface area contributed by atoms with Crippen LogP contribution in [0.5, 0.6) is 0 Å². The average molecular weight is 139 g/mol. The molecule has 0 bridgehead atoms. The first-order chi connectivity index (χ1) is 4.79. The molecule has 0 unspecified atom stereocenters. The minimum atomic E-state index is 0.429. The zero-order valence-corrected chi connectivity index (χ0v) is 6.26. The van der Waals surface area contributed by atoms with E-state index in [1.807, 2.05) is 0 Å². The van der Waals surface area contributed by atoms with Crippen molar-refractivity contribution in [2.24, 2.45) is 5.73 Å². The molecule has 0 aromatic heterocycles. The minimum absolute atomic E-state index is 0.429. The van der Waals surface area contributed by atoms with Crippen LogP contribution in [0.4, 0.5) is 0 Å². The van der Waals surface area contributed by atoms with Gasteiger partial charge in [-0.25, -0.2) is 0 Å². The van der Waals surface area contributed by atoms with Gasteiger partial charge in [-0.3, -0.25) is 0 Å². The summed E-state index contributed by atoms with van der Waals surface area (Å²) >= 11 is 0. The van der Waals surface area contributed by atoms with Gasteiger partial charge >= 0.3 is 0 Å². The van der Waals surface area contributed by atoms with Gasteiger partial charge in [-0.2, -0.15) is 0 Å². The fourth-order valence-corrected chi connectivity index (χ4v) is 0.630. The molecule has 0 fully saturated rings. The predicted molar refractivity (Wildman–Crippen MR) is 43.5 cm³/mol. The molecule has 2 N–H and O–H groups in total. The largest absolute Gasteiger partial charge is 0.496 e.